The molecule has 0 saturated heterocycles. The lowest BCUT2D eigenvalue weighted by atomic mass is 10.1. The molecule has 0 saturated carbocycles. The summed E-state index contributed by atoms with van der Waals surface area (Å²) in [6, 6.07) is 5.22. The molecule has 14 heavy (non-hydrogen) atoms. The highest BCUT2D eigenvalue weighted by molar-refractivity contribution is 14.1. The third-order valence-corrected chi connectivity index (χ3v) is 4.01. The quantitative estimate of drug-likeness (QED) is 0.457. The van der Waals surface area contributed by atoms with Gasteiger partial charge in [0.15, 0.2) is 0 Å². The van der Waals surface area contributed by atoms with Crippen LogP contribution < -0.4 is 0 Å². The first kappa shape index (κ1) is 9.85. The van der Waals surface area contributed by atoms with Gasteiger partial charge in [0.2, 0.25) is 0 Å². The van der Waals surface area contributed by atoms with Gasteiger partial charge in [-0.15, -0.1) is 11.3 Å². The lowest BCUT2D eigenvalue weighted by Crippen LogP contribution is -1.87. The fourth-order valence-electron chi connectivity index (χ4n) is 1.38. The monoisotopic (exact) mass is 319 g/mol. The number of halogens is 1. The molecule has 0 atom stereocenters. The normalized spacial score (nSPS) is 10.7. The maximum Gasteiger partial charge on any atom is 0.270 e. The van der Waals surface area contributed by atoms with Crippen molar-refractivity contribution in [2.75, 3.05) is 0 Å². The van der Waals surface area contributed by atoms with Gasteiger partial charge in [-0.1, -0.05) is 0 Å². The molecule has 72 valence electrons. The van der Waals surface area contributed by atoms with E-state index in [4.69, 9.17) is 0 Å². The molecular formula is C9H6INO2S. The summed E-state index contributed by atoms with van der Waals surface area (Å²) in [6.07, 6.45) is 0. The Balaban J connectivity index is 2.77. The molecule has 0 unspecified atom stereocenters. The van der Waals surface area contributed by atoms with Crippen LogP contribution in [-0.4, -0.2) is 4.92 Å². The number of nitro groups is 1. The van der Waals surface area contributed by atoms with Gasteiger partial charge in [0.25, 0.3) is 5.69 Å². The summed E-state index contributed by atoms with van der Waals surface area (Å²) in [5, 5.41) is 11.6. The number of benzene rings is 1. The third-order valence-electron chi connectivity index (χ3n) is 1.97. The average molecular weight is 319 g/mol. The Hall–Kier alpha value is -0.690. The number of nitrogens with zero attached hydrogens (tertiary/aromatic N) is 1. The van der Waals surface area contributed by atoms with E-state index in [1.807, 2.05) is 13.0 Å². The second-order valence-electron chi connectivity index (χ2n) is 2.99. The Morgan fingerprint density at radius 1 is 1.43 bits per heavy atom. The molecule has 0 spiro atoms. The van der Waals surface area contributed by atoms with Crippen molar-refractivity contribution >= 4 is 49.7 Å². The van der Waals surface area contributed by atoms with Crippen LogP contribution in [0, 0.1) is 19.9 Å². The smallest absolute Gasteiger partial charge is 0.258 e. The molecule has 0 N–H and O–H groups in total. The number of aryl methyl sites for hydroxylation is 1. The van der Waals surface area contributed by atoms with Gasteiger partial charge in [-0.3, -0.25) is 10.1 Å². The summed E-state index contributed by atoms with van der Waals surface area (Å²) < 4.78 is 2.29. The van der Waals surface area contributed by atoms with Crippen molar-refractivity contribution < 1.29 is 4.92 Å². The minimum absolute atomic E-state index is 0.171. The lowest BCUT2D eigenvalue weighted by Gasteiger charge is -1.95. The fourth-order valence-corrected chi connectivity index (χ4v) is 3.22. The molecular weight excluding hydrogens is 313 g/mol. The van der Waals surface area contributed by atoms with Gasteiger partial charge in [0.05, 0.1) is 7.81 Å². The molecule has 2 aromatic rings. The summed E-state index contributed by atoms with van der Waals surface area (Å²) in [4.78, 5) is 10.3. The predicted molar refractivity (Wildman–Crippen MR) is 65.9 cm³/mol. The predicted octanol–water partition coefficient (Wildman–Crippen LogP) is 3.72. The van der Waals surface area contributed by atoms with Crippen molar-refractivity contribution in [1.82, 2.24) is 0 Å². The number of thiophene rings is 1. The topological polar surface area (TPSA) is 43.1 Å². The first-order valence-corrected chi connectivity index (χ1v) is 5.81. The number of rotatable bonds is 1. The van der Waals surface area contributed by atoms with Crippen LogP contribution in [0.1, 0.15) is 5.56 Å². The van der Waals surface area contributed by atoms with Gasteiger partial charge in [0, 0.05) is 22.2 Å². The Morgan fingerprint density at radius 3 is 2.79 bits per heavy atom. The fraction of sp³-hybridized carbons (Fsp3) is 0.111. The summed E-state index contributed by atoms with van der Waals surface area (Å²) >= 11 is 3.89. The van der Waals surface area contributed by atoms with Crippen LogP contribution in [-0.2, 0) is 0 Å². The summed E-state index contributed by atoms with van der Waals surface area (Å²) in [6.45, 7) is 1.90. The van der Waals surface area contributed by atoms with Crippen molar-refractivity contribution in [2.24, 2.45) is 0 Å². The zero-order valence-electron chi connectivity index (χ0n) is 7.28. The van der Waals surface area contributed by atoms with E-state index in [9.17, 15) is 10.1 Å². The van der Waals surface area contributed by atoms with E-state index >= 15 is 0 Å². The Kier molecular flexibility index (Phi) is 2.44. The molecule has 3 nitrogen and oxygen atoms in total. The zero-order valence-corrected chi connectivity index (χ0v) is 10.3. The number of hydrogen-bond donors (Lipinski definition) is 0. The Bertz CT molecular complexity index is 521. The molecule has 1 heterocycles. The van der Waals surface area contributed by atoms with Gasteiger partial charge >= 0.3 is 0 Å². The molecule has 0 aliphatic rings. The number of hydrogen-bond acceptors (Lipinski definition) is 3. The Labute approximate surface area is 98.0 Å². The third kappa shape index (κ3) is 1.61. The first-order valence-electron chi connectivity index (χ1n) is 3.92. The second kappa shape index (κ2) is 3.47. The van der Waals surface area contributed by atoms with Gasteiger partial charge in [-0.05, 0) is 41.1 Å². The number of nitro benzene ring substituents is 1. The summed E-state index contributed by atoms with van der Waals surface area (Å²) in [5.74, 6) is 0. The van der Waals surface area contributed by atoms with E-state index in [1.165, 1.54) is 0 Å². The standard InChI is InChI=1S/C9H6INO2S/c1-5-2-7(11(12)13)3-6-4-8(10)14-9(5)6/h2-4H,1H3. The van der Waals surface area contributed by atoms with Crippen molar-refractivity contribution in [2.45, 2.75) is 6.92 Å². The number of non-ortho nitro benzene ring substituents is 1. The molecule has 0 fully saturated rings. The average Bonchev–Trinajstić information content (AvgIpc) is 2.45. The highest BCUT2D eigenvalue weighted by Crippen LogP contribution is 2.32. The molecule has 0 amide bonds. The van der Waals surface area contributed by atoms with Crippen molar-refractivity contribution in [3.05, 3.63) is 36.8 Å². The molecule has 0 aliphatic heterocycles. The van der Waals surface area contributed by atoms with E-state index in [0.717, 1.165) is 18.5 Å². The molecule has 1 aromatic heterocycles. The Morgan fingerprint density at radius 2 is 2.14 bits per heavy atom. The minimum atomic E-state index is -0.350. The summed E-state index contributed by atoms with van der Waals surface area (Å²) in [7, 11) is 0. The molecule has 0 aliphatic carbocycles. The van der Waals surface area contributed by atoms with E-state index in [2.05, 4.69) is 22.6 Å². The minimum Gasteiger partial charge on any atom is -0.258 e. The van der Waals surface area contributed by atoms with Crippen LogP contribution >= 0.6 is 33.9 Å². The van der Waals surface area contributed by atoms with Gasteiger partial charge < -0.3 is 0 Å². The molecule has 0 radical (unpaired) electrons. The SMILES string of the molecule is Cc1cc([N+](=O)[O-])cc2cc(I)sc12. The number of fused-ring (bicyclic) bond motifs is 1. The van der Waals surface area contributed by atoms with E-state index in [0.29, 0.717) is 0 Å². The second-order valence-corrected chi connectivity index (χ2v) is 5.94. The van der Waals surface area contributed by atoms with Crippen LogP contribution in [0.2, 0.25) is 0 Å². The maximum atomic E-state index is 10.6. The highest BCUT2D eigenvalue weighted by Gasteiger charge is 2.11. The van der Waals surface area contributed by atoms with Crippen LogP contribution in [0.5, 0.6) is 0 Å². The zero-order chi connectivity index (χ0) is 10.3. The lowest BCUT2D eigenvalue weighted by molar-refractivity contribution is -0.384. The van der Waals surface area contributed by atoms with Crippen molar-refractivity contribution in [3.63, 3.8) is 0 Å². The van der Waals surface area contributed by atoms with Crippen molar-refractivity contribution in [1.29, 1.82) is 0 Å². The van der Waals surface area contributed by atoms with Crippen LogP contribution in [0.3, 0.4) is 0 Å². The highest BCUT2D eigenvalue weighted by atomic mass is 127. The van der Waals surface area contributed by atoms with Gasteiger partial charge in [0.1, 0.15) is 0 Å². The molecule has 0 bridgehead atoms. The van der Waals surface area contributed by atoms with E-state index in [1.54, 1.807) is 23.5 Å². The summed E-state index contributed by atoms with van der Waals surface area (Å²) in [5.41, 5.74) is 1.14. The van der Waals surface area contributed by atoms with Crippen LogP contribution in [0.4, 0.5) is 5.69 Å². The van der Waals surface area contributed by atoms with Crippen LogP contribution in [0.25, 0.3) is 10.1 Å². The largest absolute Gasteiger partial charge is 0.270 e. The van der Waals surface area contributed by atoms with Crippen LogP contribution in [0.15, 0.2) is 18.2 Å². The van der Waals surface area contributed by atoms with Gasteiger partial charge in [-0.2, -0.15) is 0 Å². The first-order chi connectivity index (χ1) is 6.58. The molecule has 2 rings (SSSR count). The molecule has 5 heteroatoms. The maximum absolute atomic E-state index is 10.6. The van der Waals surface area contributed by atoms with E-state index < -0.39 is 0 Å². The van der Waals surface area contributed by atoms with E-state index in [-0.39, 0.29) is 10.6 Å². The molecule has 1 aromatic carbocycles. The van der Waals surface area contributed by atoms with Gasteiger partial charge in [-0.25, -0.2) is 0 Å². The van der Waals surface area contributed by atoms with Crippen molar-refractivity contribution in [3.8, 4) is 0 Å².